The third-order valence-corrected chi connectivity index (χ3v) is 6.16. The van der Waals surface area contributed by atoms with E-state index in [1.807, 2.05) is 55.1 Å². The van der Waals surface area contributed by atoms with Crippen LogP contribution in [0, 0.1) is 5.82 Å². The van der Waals surface area contributed by atoms with Crippen molar-refractivity contribution in [2.24, 2.45) is 0 Å². The Hall–Kier alpha value is -4.40. The van der Waals surface area contributed by atoms with Gasteiger partial charge in [-0.05, 0) is 73.0 Å². The van der Waals surface area contributed by atoms with Gasteiger partial charge in [-0.1, -0.05) is 36.4 Å². The van der Waals surface area contributed by atoms with Gasteiger partial charge in [0, 0.05) is 24.3 Å². The van der Waals surface area contributed by atoms with E-state index < -0.39 is 23.5 Å². The van der Waals surface area contributed by atoms with Gasteiger partial charge in [-0.15, -0.1) is 0 Å². The zero-order valence-corrected chi connectivity index (χ0v) is 21.2. The molecular formula is C30H26F4N2O3. The molecule has 0 unspecified atom stereocenters. The predicted octanol–water partition coefficient (Wildman–Crippen LogP) is 7.60. The van der Waals surface area contributed by atoms with Gasteiger partial charge in [0.05, 0.1) is 11.1 Å². The third kappa shape index (κ3) is 6.93. The van der Waals surface area contributed by atoms with Gasteiger partial charge in [-0.3, -0.25) is 0 Å². The molecule has 202 valence electrons. The molecule has 0 atom stereocenters. The number of hydrogen-bond acceptors (Lipinski definition) is 4. The van der Waals surface area contributed by atoms with E-state index in [1.165, 1.54) is 18.2 Å². The second-order valence-electron chi connectivity index (χ2n) is 9.24. The minimum absolute atomic E-state index is 0.00271. The molecule has 0 amide bonds. The number of carbonyl (C=O) groups is 1. The Morgan fingerprint density at radius 1 is 0.974 bits per heavy atom. The van der Waals surface area contributed by atoms with Gasteiger partial charge in [0.2, 0.25) is 0 Å². The average Bonchev–Trinajstić information content (AvgIpc) is 2.91. The van der Waals surface area contributed by atoms with Crippen molar-refractivity contribution in [3.05, 3.63) is 113 Å². The number of carboxylic acids is 1. The molecule has 5 nitrogen and oxygen atoms in total. The molecule has 0 radical (unpaired) electrons. The van der Waals surface area contributed by atoms with E-state index in [0.29, 0.717) is 23.7 Å². The smallest absolute Gasteiger partial charge is 0.417 e. The summed E-state index contributed by atoms with van der Waals surface area (Å²) in [4.78, 5) is 17.4. The minimum Gasteiger partial charge on any atom is -0.489 e. The molecule has 1 N–H and O–H groups in total. The fraction of sp³-hybridized carbons (Fsp3) is 0.200. The summed E-state index contributed by atoms with van der Waals surface area (Å²) in [5.74, 6) is -0.879. The average molecular weight is 539 g/mol. The molecule has 1 heterocycles. The molecule has 4 aromatic rings. The van der Waals surface area contributed by atoms with Crippen LogP contribution in [0.5, 0.6) is 5.75 Å². The van der Waals surface area contributed by atoms with Crippen LogP contribution in [0.1, 0.15) is 40.9 Å². The standard InChI is InChI=1S/C30H26F4N2O3/c1-19(2)36(28-13-9-24(16-35-28)30(32,33)34)17-20-4-3-5-22(14-20)21-7-11-26(12-8-21)39-18-23-6-10-25(31)15-27(23)29(37)38/h3-16,19H,17-18H2,1-2H3,(H,37,38). The van der Waals surface area contributed by atoms with Crippen LogP contribution in [-0.4, -0.2) is 22.1 Å². The minimum atomic E-state index is -4.44. The first-order valence-corrected chi connectivity index (χ1v) is 12.1. The van der Waals surface area contributed by atoms with Crippen molar-refractivity contribution in [2.75, 3.05) is 4.90 Å². The van der Waals surface area contributed by atoms with Crippen molar-refractivity contribution in [1.82, 2.24) is 4.98 Å². The molecule has 0 saturated carbocycles. The largest absolute Gasteiger partial charge is 0.489 e. The van der Waals surface area contributed by atoms with Crippen LogP contribution >= 0.6 is 0 Å². The Morgan fingerprint density at radius 2 is 1.72 bits per heavy atom. The summed E-state index contributed by atoms with van der Waals surface area (Å²) in [5, 5.41) is 9.29. The Labute approximate surface area is 223 Å². The number of benzene rings is 3. The molecule has 0 bridgehead atoms. The summed E-state index contributed by atoms with van der Waals surface area (Å²) >= 11 is 0. The molecule has 0 aliphatic heterocycles. The lowest BCUT2D eigenvalue weighted by molar-refractivity contribution is -0.137. The Morgan fingerprint density at radius 3 is 2.33 bits per heavy atom. The van der Waals surface area contributed by atoms with Crippen molar-refractivity contribution in [3.63, 3.8) is 0 Å². The predicted molar refractivity (Wildman–Crippen MR) is 140 cm³/mol. The number of halogens is 4. The highest BCUT2D eigenvalue weighted by Crippen LogP contribution is 2.30. The van der Waals surface area contributed by atoms with Crippen molar-refractivity contribution in [2.45, 2.75) is 39.2 Å². The zero-order valence-electron chi connectivity index (χ0n) is 21.2. The first-order valence-electron chi connectivity index (χ1n) is 12.1. The number of carboxylic acid groups (broad SMARTS) is 1. The summed E-state index contributed by atoms with van der Waals surface area (Å²) in [5.41, 5.74) is 2.24. The normalized spacial score (nSPS) is 11.5. The monoisotopic (exact) mass is 538 g/mol. The van der Waals surface area contributed by atoms with E-state index >= 15 is 0 Å². The maximum Gasteiger partial charge on any atom is 0.417 e. The quantitative estimate of drug-likeness (QED) is 0.222. The number of aromatic carboxylic acids is 1. The number of aromatic nitrogens is 1. The lowest BCUT2D eigenvalue weighted by atomic mass is 10.0. The van der Waals surface area contributed by atoms with E-state index in [0.717, 1.165) is 35.0 Å². The third-order valence-electron chi connectivity index (χ3n) is 6.16. The maximum absolute atomic E-state index is 13.4. The number of rotatable bonds is 9. The fourth-order valence-electron chi connectivity index (χ4n) is 4.08. The van der Waals surface area contributed by atoms with E-state index in [4.69, 9.17) is 4.74 Å². The van der Waals surface area contributed by atoms with Crippen molar-refractivity contribution in [1.29, 1.82) is 0 Å². The SMILES string of the molecule is CC(C)N(Cc1cccc(-c2ccc(OCc3ccc(F)cc3C(=O)O)cc2)c1)c1ccc(C(F)(F)F)cn1. The van der Waals surface area contributed by atoms with Crippen molar-refractivity contribution in [3.8, 4) is 16.9 Å². The molecule has 9 heteroatoms. The van der Waals surface area contributed by atoms with Crippen molar-refractivity contribution < 1.29 is 32.2 Å². The second-order valence-corrected chi connectivity index (χ2v) is 9.24. The van der Waals surface area contributed by atoms with Gasteiger partial charge in [-0.25, -0.2) is 14.2 Å². The molecule has 0 spiro atoms. The number of alkyl halides is 3. The number of pyridine rings is 1. The lowest BCUT2D eigenvalue weighted by Crippen LogP contribution is -2.31. The van der Waals surface area contributed by atoms with Crippen LogP contribution in [0.15, 0.2) is 85.1 Å². The van der Waals surface area contributed by atoms with Crippen LogP contribution in [-0.2, 0) is 19.3 Å². The zero-order chi connectivity index (χ0) is 28.2. The first-order chi connectivity index (χ1) is 18.5. The van der Waals surface area contributed by atoms with E-state index in [-0.39, 0.29) is 18.2 Å². The van der Waals surface area contributed by atoms with Gasteiger partial charge in [0.25, 0.3) is 0 Å². The van der Waals surface area contributed by atoms with Gasteiger partial charge in [-0.2, -0.15) is 13.2 Å². The summed E-state index contributed by atoms with van der Waals surface area (Å²) in [6.07, 6.45) is -3.59. The highest BCUT2D eigenvalue weighted by Gasteiger charge is 2.31. The first kappa shape index (κ1) is 27.6. The van der Waals surface area contributed by atoms with Gasteiger partial charge in [0.1, 0.15) is 24.0 Å². The summed E-state index contributed by atoms with van der Waals surface area (Å²) in [6, 6.07) is 21.0. The van der Waals surface area contributed by atoms with E-state index in [9.17, 15) is 27.5 Å². The van der Waals surface area contributed by atoms with Gasteiger partial charge >= 0.3 is 12.1 Å². The van der Waals surface area contributed by atoms with E-state index in [1.54, 1.807) is 12.1 Å². The maximum atomic E-state index is 13.4. The molecule has 3 aromatic carbocycles. The van der Waals surface area contributed by atoms with Gasteiger partial charge in [0.15, 0.2) is 0 Å². The molecule has 39 heavy (non-hydrogen) atoms. The molecule has 0 aliphatic rings. The fourth-order valence-corrected chi connectivity index (χ4v) is 4.08. The number of anilines is 1. The highest BCUT2D eigenvalue weighted by molar-refractivity contribution is 5.89. The number of nitrogens with zero attached hydrogens (tertiary/aromatic N) is 2. The Kier molecular flexibility index (Phi) is 8.18. The summed E-state index contributed by atoms with van der Waals surface area (Å²) < 4.78 is 58.0. The molecule has 0 fully saturated rings. The van der Waals surface area contributed by atoms with Crippen LogP contribution in [0.4, 0.5) is 23.4 Å². The molecule has 1 aromatic heterocycles. The van der Waals surface area contributed by atoms with Crippen LogP contribution < -0.4 is 9.64 Å². The number of ether oxygens (including phenoxy) is 1. The number of hydrogen-bond donors (Lipinski definition) is 1. The summed E-state index contributed by atoms with van der Waals surface area (Å²) in [6.45, 7) is 4.33. The highest BCUT2D eigenvalue weighted by atomic mass is 19.4. The van der Waals surface area contributed by atoms with Crippen LogP contribution in [0.25, 0.3) is 11.1 Å². The van der Waals surface area contributed by atoms with Crippen LogP contribution in [0.2, 0.25) is 0 Å². The topological polar surface area (TPSA) is 62.7 Å². The second kappa shape index (κ2) is 11.6. The van der Waals surface area contributed by atoms with Crippen molar-refractivity contribution >= 4 is 11.8 Å². The Bertz CT molecular complexity index is 1440. The lowest BCUT2D eigenvalue weighted by Gasteiger charge is -2.28. The van der Waals surface area contributed by atoms with Crippen LogP contribution in [0.3, 0.4) is 0 Å². The summed E-state index contributed by atoms with van der Waals surface area (Å²) in [7, 11) is 0. The molecular weight excluding hydrogens is 512 g/mol. The molecule has 4 rings (SSSR count). The molecule has 0 saturated heterocycles. The molecule has 0 aliphatic carbocycles. The van der Waals surface area contributed by atoms with Gasteiger partial charge < -0.3 is 14.7 Å². The van der Waals surface area contributed by atoms with E-state index in [2.05, 4.69) is 4.98 Å². The Balaban J connectivity index is 1.46.